The molecule has 0 aromatic rings. The van der Waals surface area contributed by atoms with Crippen molar-refractivity contribution in [2.24, 2.45) is 0 Å². The first-order valence-electron chi connectivity index (χ1n) is 0. The summed E-state index contributed by atoms with van der Waals surface area (Å²) in [6.07, 6.45) is 0. The second kappa shape index (κ2) is 612. The fourth-order valence-electron chi connectivity index (χ4n) is 0. The molecule has 0 rings (SSSR count). The fraction of sp³-hybridized carbons (Fsp3) is 0. The van der Waals surface area contributed by atoms with Gasteiger partial charge in [-0.15, -0.1) is 0 Å². The average Bonchev–Trinajstić information content (AvgIpc) is 0. The van der Waals surface area contributed by atoms with Crippen LogP contribution in [0, 0.1) is 0 Å². The predicted octanol–water partition coefficient (Wildman–Crippen LogP) is -4.68. The van der Waals surface area contributed by atoms with Crippen molar-refractivity contribution in [3.05, 3.63) is 0 Å². The molecule has 0 saturated heterocycles. The molecule has 0 amide bonds. The first kappa shape index (κ1) is 981. The van der Waals surface area contributed by atoms with E-state index in [2.05, 4.69) is 0 Å². The fourth-order valence-corrected chi connectivity index (χ4v) is 0. The van der Waals surface area contributed by atoms with Crippen LogP contribution in [-0.4, -0.2) is 57.3 Å². The molecule has 0 bridgehead atoms. The van der Waals surface area contributed by atoms with E-state index in [1.165, 1.54) is 0 Å². The molecule has 6 nitrogen and oxygen atoms in total. The van der Waals surface area contributed by atoms with Crippen LogP contribution in [0.3, 0.4) is 0 Å². The minimum atomic E-state index is 0. The maximum absolute atomic E-state index is 0. The molecule has 7 heavy (non-hydrogen) atoms. The molecular formula is H11O6Sb-. The molecular weight excluding hydrogens is 218 g/mol. The zero-order valence-electron chi connectivity index (χ0n) is 3.39. The summed E-state index contributed by atoms with van der Waals surface area (Å²) in [5.74, 6) is 0. The molecule has 0 aliphatic carbocycles. The second-order valence-corrected chi connectivity index (χ2v) is 0. The van der Waals surface area contributed by atoms with Gasteiger partial charge < -0.3 is 32.9 Å². The van der Waals surface area contributed by atoms with E-state index in [-0.39, 0.29) is 57.3 Å². The van der Waals surface area contributed by atoms with Crippen LogP contribution >= 0.6 is 0 Å². The van der Waals surface area contributed by atoms with Gasteiger partial charge >= 0.3 is 0 Å². The quantitative estimate of drug-likeness (QED) is 0.371. The SMILES string of the molecule is O.O.O.O.O.[OH-].[Sb]. The van der Waals surface area contributed by atoms with Crippen LogP contribution in [0.15, 0.2) is 0 Å². The van der Waals surface area contributed by atoms with Gasteiger partial charge in [-0.25, -0.2) is 0 Å². The van der Waals surface area contributed by atoms with E-state index in [9.17, 15) is 0 Å². The van der Waals surface area contributed by atoms with Crippen molar-refractivity contribution in [2.45, 2.75) is 0 Å². The van der Waals surface area contributed by atoms with Crippen LogP contribution in [0.2, 0.25) is 0 Å². The van der Waals surface area contributed by atoms with Gasteiger partial charge in [-0.05, 0) is 0 Å². The normalized spacial score (nSPS) is 0. The topological polar surface area (TPSA) is 188 Å². The molecule has 0 heterocycles. The van der Waals surface area contributed by atoms with E-state index in [4.69, 9.17) is 0 Å². The van der Waals surface area contributed by atoms with Gasteiger partial charge in [0.25, 0.3) is 0 Å². The Kier molecular flexibility index (Phi) is 85800. The largest absolute Gasteiger partial charge is 0.870 e. The van der Waals surface area contributed by atoms with Crippen molar-refractivity contribution >= 4 is 24.4 Å². The molecule has 0 saturated carbocycles. The van der Waals surface area contributed by atoms with Crippen LogP contribution in [0.25, 0.3) is 0 Å². The Hall–Kier alpha value is 0.578. The predicted molar refractivity (Wildman–Crippen MR) is 25.8 cm³/mol. The minimum Gasteiger partial charge on any atom is -0.870 e. The standard InChI is InChI=1S/6H2O.Sb/h6*1H2;/p-1. The van der Waals surface area contributed by atoms with Crippen molar-refractivity contribution in [3.8, 4) is 0 Å². The molecule has 0 aromatic carbocycles. The Bertz CT molecular complexity index is 4.14. The number of hydrogen-bond donors (Lipinski definition) is 0. The summed E-state index contributed by atoms with van der Waals surface area (Å²) in [6, 6.07) is 0. The van der Waals surface area contributed by atoms with E-state index in [0.29, 0.717) is 0 Å². The van der Waals surface area contributed by atoms with E-state index in [1.54, 1.807) is 0 Å². The molecule has 0 aliphatic rings. The van der Waals surface area contributed by atoms with Crippen molar-refractivity contribution in [3.63, 3.8) is 0 Å². The molecule has 7 heteroatoms. The summed E-state index contributed by atoms with van der Waals surface area (Å²) >= 11 is 0. The van der Waals surface area contributed by atoms with Gasteiger partial charge in [-0.3, -0.25) is 0 Å². The van der Waals surface area contributed by atoms with Crippen molar-refractivity contribution < 1.29 is 32.9 Å². The molecule has 11 N–H and O–H groups in total. The third-order valence-corrected chi connectivity index (χ3v) is 0. The number of rotatable bonds is 0. The third-order valence-electron chi connectivity index (χ3n) is 0. The van der Waals surface area contributed by atoms with Crippen LogP contribution in [0.5, 0.6) is 0 Å². The maximum Gasteiger partial charge on any atom is 0 e. The zero-order chi connectivity index (χ0) is 0. The minimum absolute atomic E-state index is 0. The monoisotopic (exact) mass is 228 g/mol. The smallest absolute Gasteiger partial charge is 0 e. The van der Waals surface area contributed by atoms with Crippen molar-refractivity contribution in [1.29, 1.82) is 0 Å². The van der Waals surface area contributed by atoms with Gasteiger partial charge in [0.2, 0.25) is 0 Å². The van der Waals surface area contributed by atoms with Crippen LogP contribution in [-0.2, 0) is 0 Å². The molecule has 53 valence electrons. The van der Waals surface area contributed by atoms with E-state index < -0.39 is 0 Å². The summed E-state index contributed by atoms with van der Waals surface area (Å²) in [5, 5.41) is 0. The van der Waals surface area contributed by atoms with Gasteiger partial charge in [0.05, 0.1) is 0 Å². The van der Waals surface area contributed by atoms with Crippen molar-refractivity contribution in [2.75, 3.05) is 0 Å². The van der Waals surface area contributed by atoms with Gasteiger partial charge in [-0.2, -0.15) is 0 Å². The zero-order valence-corrected chi connectivity index (χ0v) is 5.95. The summed E-state index contributed by atoms with van der Waals surface area (Å²) in [4.78, 5) is 0. The Morgan fingerprint density at radius 1 is 0.429 bits per heavy atom. The van der Waals surface area contributed by atoms with Gasteiger partial charge in [-0.1, -0.05) is 0 Å². The summed E-state index contributed by atoms with van der Waals surface area (Å²) in [7, 11) is 0. The van der Waals surface area contributed by atoms with Crippen LogP contribution in [0.1, 0.15) is 0 Å². The van der Waals surface area contributed by atoms with Crippen molar-refractivity contribution in [1.82, 2.24) is 0 Å². The van der Waals surface area contributed by atoms with Crippen LogP contribution in [0.4, 0.5) is 0 Å². The third kappa shape index (κ3) is 412. The van der Waals surface area contributed by atoms with E-state index >= 15 is 0 Å². The summed E-state index contributed by atoms with van der Waals surface area (Å²) in [6.45, 7) is 0. The van der Waals surface area contributed by atoms with E-state index in [1.807, 2.05) is 0 Å². The summed E-state index contributed by atoms with van der Waals surface area (Å²) < 4.78 is 0. The van der Waals surface area contributed by atoms with Gasteiger partial charge in [0.1, 0.15) is 0 Å². The molecule has 3 radical (unpaired) electrons. The second-order valence-electron chi connectivity index (χ2n) is 0. The summed E-state index contributed by atoms with van der Waals surface area (Å²) in [5.41, 5.74) is 0. The molecule has 0 unspecified atom stereocenters. The molecule has 0 aromatic heterocycles. The van der Waals surface area contributed by atoms with Gasteiger partial charge in [0.15, 0.2) is 0 Å². The van der Waals surface area contributed by atoms with Crippen LogP contribution < -0.4 is 0 Å². The van der Waals surface area contributed by atoms with Gasteiger partial charge in [0, 0.05) is 24.4 Å². The van der Waals surface area contributed by atoms with E-state index in [0.717, 1.165) is 0 Å². The maximum atomic E-state index is 0. The Morgan fingerprint density at radius 3 is 0.429 bits per heavy atom. The molecule has 0 fully saturated rings. The Balaban J connectivity index is 0. The Labute approximate surface area is 57.8 Å². The first-order valence-corrected chi connectivity index (χ1v) is 0. The average molecular weight is 229 g/mol. The molecule has 0 atom stereocenters. The Morgan fingerprint density at radius 2 is 0.429 bits per heavy atom. The number of hydrogen-bond acceptors (Lipinski definition) is 1. The molecule has 0 aliphatic heterocycles. The molecule has 0 spiro atoms. The first-order chi connectivity index (χ1) is 0.